The fourth-order valence-corrected chi connectivity index (χ4v) is 7.75. The summed E-state index contributed by atoms with van der Waals surface area (Å²) in [5.74, 6) is 0.344. The molecule has 8 aromatic carbocycles. The van der Waals surface area contributed by atoms with Crippen LogP contribution >= 0.6 is 0 Å². The minimum atomic E-state index is 0.344. The van der Waals surface area contributed by atoms with E-state index in [1.54, 1.807) is 0 Å². The highest BCUT2D eigenvalue weighted by atomic mass is 14.2. The van der Waals surface area contributed by atoms with Gasteiger partial charge in [-0.2, -0.15) is 0 Å². The highest BCUT2D eigenvalue weighted by Crippen LogP contribution is 2.46. The summed E-state index contributed by atoms with van der Waals surface area (Å²) in [4.78, 5) is 0. The van der Waals surface area contributed by atoms with Crippen molar-refractivity contribution in [3.05, 3.63) is 206 Å². The Labute approximate surface area is 294 Å². The Bertz CT molecular complexity index is 2420. The van der Waals surface area contributed by atoms with Gasteiger partial charge in [-0.3, -0.25) is 0 Å². The van der Waals surface area contributed by atoms with Gasteiger partial charge in [-0.15, -0.1) is 0 Å². The standard InChI is InChI=1S/C50H36/c1-5-17-35(18-6-1)39-29-40(36-19-7-2-8-20-36)32-43(31-39)49-45-25-13-15-27-47(45)50(48-28-16-14-26-46(48)49)44-33-41(37-21-9-3-10-22-37)30-42(34-44)38-23-11-4-12-24-38/h1-23,25-34,38H,24H2. The van der Waals surface area contributed by atoms with Gasteiger partial charge >= 0.3 is 0 Å². The van der Waals surface area contributed by atoms with Gasteiger partial charge in [-0.1, -0.05) is 176 Å². The fourth-order valence-electron chi connectivity index (χ4n) is 7.75. The van der Waals surface area contributed by atoms with Gasteiger partial charge in [0.1, 0.15) is 0 Å². The molecule has 0 radical (unpaired) electrons. The van der Waals surface area contributed by atoms with Gasteiger partial charge in [-0.05, 0) is 113 Å². The van der Waals surface area contributed by atoms with Gasteiger partial charge in [0, 0.05) is 5.92 Å². The van der Waals surface area contributed by atoms with Crippen molar-refractivity contribution in [2.24, 2.45) is 0 Å². The average molecular weight is 637 g/mol. The molecule has 50 heavy (non-hydrogen) atoms. The van der Waals surface area contributed by atoms with Crippen LogP contribution in [0, 0.1) is 0 Å². The van der Waals surface area contributed by atoms with Gasteiger partial charge in [-0.25, -0.2) is 0 Å². The van der Waals surface area contributed by atoms with Crippen LogP contribution < -0.4 is 0 Å². The monoisotopic (exact) mass is 636 g/mol. The maximum atomic E-state index is 2.44. The van der Waals surface area contributed by atoms with Crippen molar-refractivity contribution in [1.82, 2.24) is 0 Å². The predicted molar refractivity (Wildman–Crippen MR) is 214 cm³/mol. The lowest BCUT2D eigenvalue weighted by atomic mass is 9.82. The molecule has 0 N–H and O–H groups in total. The van der Waals surface area contributed by atoms with Crippen LogP contribution in [-0.4, -0.2) is 0 Å². The zero-order chi connectivity index (χ0) is 33.3. The molecule has 1 aliphatic rings. The molecule has 1 aliphatic carbocycles. The molecule has 9 rings (SSSR count). The van der Waals surface area contributed by atoms with Crippen LogP contribution in [0.4, 0.5) is 0 Å². The molecular weight excluding hydrogens is 601 g/mol. The van der Waals surface area contributed by atoms with E-state index in [1.807, 2.05) is 0 Å². The van der Waals surface area contributed by atoms with Crippen molar-refractivity contribution in [1.29, 1.82) is 0 Å². The predicted octanol–water partition coefficient (Wildman–Crippen LogP) is 13.9. The summed E-state index contributed by atoms with van der Waals surface area (Å²) in [6.07, 6.45) is 9.99. The Kier molecular flexibility index (Phi) is 7.76. The molecule has 236 valence electrons. The van der Waals surface area contributed by atoms with Crippen LogP contribution in [0.1, 0.15) is 17.9 Å². The second-order valence-electron chi connectivity index (χ2n) is 13.2. The number of rotatable bonds is 6. The van der Waals surface area contributed by atoms with Crippen molar-refractivity contribution < 1.29 is 0 Å². The van der Waals surface area contributed by atoms with E-state index < -0.39 is 0 Å². The van der Waals surface area contributed by atoms with Gasteiger partial charge < -0.3 is 0 Å². The third-order valence-corrected chi connectivity index (χ3v) is 10.1. The molecule has 0 nitrogen and oxygen atoms in total. The Morgan fingerprint density at radius 3 is 1.10 bits per heavy atom. The molecule has 1 atom stereocenters. The van der Waals surface area contributed by atoms with E-state index in [0.29, 0.717) is 5.92 Å². The molecule has 0 heterocycles. The molecule has 0 saturated carbocycles. The van der Waals surface area contributed by atoms with E-state index >= 15 is 0 Å². The average Bonchev–Trinajstić information content (AvgIpc) is 3.21. The SMILES string of the molecule is C1=CCC(c2cc(-c3ccccc3)cc(-c3c4ccccc4c(-c4cc(-c5ccccc5)cc(-c5ccccc5)c4)c4ccccc34)c2)C=C1. The molecule has 0 amide bonds. The summed E-state index contributed by atoms with van der Waals surface area (Å²) in [6.45, 7) is 0. The topological polar surface area (TPSA) is 0 Å². The van der Waals surface area contributed by atoms with Crippen LogP contribution in [-0.2, 0) is 0 Å². The molecular formula is C50H36. The first kappa shape index (κ1) is 29.9. The first-order valence-electron chi connectivity index (χ1n) is 17.5. The number of fused-ring (bicyclic) bond motifs is 2. The molecule has 0 fully saturated rings. The van der Waals surface area contributed by atoms with E-state index in [1.165, 1.54) is 82.7 Å². The normalized spacial score (nSPS) is 14.0. The van der Waals surface area contributed by atoms with Crippen LogP contribution in [0.15, 0.2) is 200 Å². The second-order valence-corrected chi connectivity index (χ2v) is 13.2. The largest absolute Gasteiger partial charge is 0.0836 e. The summed E-state index contributed by atoms with van der Waals surface area (Å²) >= 11 is 0. The molecule has 0 bridgehead atoms. The van der Waals surface area contributed by atoms with Crippen LogP contribution in [0.5, 0.6) is 0 Å². The van der Waals surface area contributed by atoms with E-state index in [2.05, 4.69) is 200 Å². The van der Waals surface area contributed by atoms with Crippen molar-refractivity contribution >= 4 is 21.5 Å². The third kappa shape index (κ3) is 5.55. The Hall–Kier alpha value is -6.24. The zero-order valence-electron chi connectivity index (χ0n) is 27.8. The minimum Gasteiger partial charge on any atom is -0.0836 e. The molecule has 0 aliphatic heterocycles. The lowest BCUT2D eigenvalue weighted by Crippen LogP contribution is -1.98. The number of allylic oxidation sites excluding steroid dienone is 4. The van der Waals surface area contributed by atoms with Crippen molar-refractivity contribution in [2.45, 2.75) is 12.3 Å². The third-order valence-electron chi connectivity index (χ3n) is 10.1. The van der Waals surface area contributed by atoms with E-state index in [4.69, 9.17) is 0 Å². The smallest absolute Gasteiger partial charge is 0.00561 e. The maximum Gasteiger partial charge on any atom is 0.00561 e. The second kappa shape index (κ2) is 13.0. The molecule has 0 spiro atoms. The minimum absolute atomic E-state index is 0.344. The Morgan fingerprint density at radius 2 is 0.680 bits per heavy atom. The Balaban J connectivity index is 1.34. The first-order valence-corrected chi connectivity index (χ1v) is 17.5. The van der Waals surface area contributed by atoms with Crippen LogP contribution in [0.3, 0.4) is 0 Å². The lowest BCUT2D eigenvalue weighted by Gasteiger charge is -2.21. The van der Waals surface area contributed by atoms with Crippen molar-refractivity contribution in [3.8, 4) is 55.6 Å². The first-order chi connectivity index (χ1) is 24.8. The van der Waals surface area contributed by atoms with Gasteiger partial charge in [0.15, 0.2) is 0 Å². The van der Waals surface area contributed by atoms with E-state index in [-0.39, 0.29) is 0 Å². The quantitative estimate of drug-likeness (QED) is 0.159. The molecule has 0 heteroatoms. The van der Waals surface area contributed by atoms with E-state index in [0.717, 1.165) is 6.42 Å². The number of hydrogen-bond donors (Lipinski definition) is 0. The summed E-state index contributed by atoms with van der Waals surface area (Å²) < 4.78 is 0. The van der Waals surface area contributed by atoms with Crippen LogP contribution in [0.25, 0.3) is 77.2 Å². The van der Waals surface area contributed by atoms with Gasteiger partial charge in [0.2, 0.25) is 0 Å². The summed E-state index contributed by atoms with van der Waals surface area (Å²) in [6, 6.07) is 64.7. The van der Waals surface area contributed by atoms with Gasteiger partial charge in [0.25, 0.3) is 0 Å². The maximum absolute atomic E-state index is 2.44. The van der Waals surface area contributed by atoms with Crippen LogP contribution in [0.2, 0.25) is 0 Å². The summed E-state index contributed by atoms with van der Waals surface area (Å²) in [7, 11) is 0. The highest BCUT2D eigenvalue weighted by molar-refractivity contribution is 6.21. The number of hydrogen-bond acceptors (Lipinski definition) is 0. The molecule has 0 saturated heterocycles. The Morgan fingerprint density at radius 1 is 0.320 bits per heavy atom. The molecule has 8 aromatic rings. The highest BCUT2D eigenvalue weighted by Gasteiger charge is 2.20. The lowest BCUT2D eigenvalue weighted by molar-refractivity contribution is 0.854. The summed E-state index contributed by atoms with van der Waals surface area (Å²) in [5.41, 5.74) is 13.7. The van der Waals surface area contributed by atoms with Crippen molar-refractivity contribution in [2.75, 3.05) is 0 Å². The summed E-state index contributed by atoms with van der Waals surface area (Å²) in [5, 5.41) is 5.06. The zero-order valence-corrected chi connectivity index (χ0v) is 27.8. The van der Waals surface area contributed by atoms with E-state index in [9.17, 15) is 0 Å². The number of benzene rings is 8. The van der Waals surface area contributed by atoms with Crippen molar-refractivity contribution in [3.63, 3.8) is 0 Å². The molecule has 0 aromatic heterocycles. The molecule has 1 unspecified atom stereocenters. The van der Waals surface area contributed by atoms with Gasteiger partial charge in [0.05, 0.1) is 0 Å². The fraction of sp³-hybridized carbons (Fsp3) is 0.0400.